The number of para-hydroxylation sites is 2. The molecule has 2 aromatic carbocycles. The number of carbonyl (C=O) groups is 1. The molecule has 1 heterocycles. The van der Waals surface area contributed by atoms with Gasteiger partial charge in [-0.3, -0.25) is 10.1 Å². The van der Waals surface area contributed by atoms with E-state index in [0.717, 1.165) is 15.8 Å². The van der Waals surface area contributed by atoms with E-state index in [0.29, 0.717) is 16.6 Å². The van der Waals surface area contributed by atoms with Crippen LogP contribution >= 0.6 is 11.3 Å². The first kappa shape index (κ1) is 16.3. The highest BCUT2D eigenvalue weighted by atomic mass is 32.1. The fraction of sp³-hybridized carbons (Fsp3) is 0.222. The number of hydrogen-bond donors (Lipinski definition) is 1. The van der Waals surface area contributed by atoms with E-state index in [1.54, 1.807) is 26.2 Å². The predicted molar refractivity (Wildman–Crippen MR) is 96.1 cm³/mol. The van der Waals surface area contributed by atoms with Gasteiger partial charge in [0, 0.05) is 0 Å². The van der Waals surface area contributed by atoms with Crippen LogP contribution in [0.25, 0.3) is 10.2 Å². The molecule has 6 heteroatoms. The Hall–Kier alpha value is -2.60. The second-order valence-electron chi connectivity index (χ2n) is 5.39. The van der Waals surface area contributed by atoms with Crippen molar-refractivity contribution < 1.29 is 14.3 Å². The van der Waals surface area contributed by atoms with Crippen LogP contribution in [0.4, 0.5) is 5.13 Å². The summed E-state index contributed by atoms with van der Waals surface area (Å²) in [5.74, 6) is 0.867. The highest BCUT2D eigenvalue weighted by molar-refractivity contribution is 7.22. The molecule has 0 aliphatic rings. The van der Waals surface area contributed by atoms with Crippen LogP contribution in [0.1, 0.15) is 12.5 Å². The Morgan fingerprint density at radius 2 is 1.96 bits per heavy atom. The Labute approximate surface area is 144 Å². The van der Waals surface area contributed by atoms with Crippen LogP contribution in [0.15, 0.2) is 42.5 Å². The molecule has 0 bridgehead atoms. The fourth-order valence-corrected chi connectivity index (χ4v) is 3.22. The number of amides is 1. The van der Waals surface area contributed by atoms with Gasteiger partial charge in [-0.25, -0.2) is 4.98 Å². The van der Waals surface area contributed by atoms with E-state index < -0.39 is 6.10 Å². The zero-order valence-electron chi connectivity index (χ0n) is 13.7. The zero-order chi connectivity index (χ0) is 17.1. The zero-order valence-corrected chi connectivity index (χ0v) is 14.5. The number of fused-ring (bicyclic) bond motifs is 1. The van der Waals surface area contributed by atoms with E-state index in [1.165, 1.54) is 11.3 Å². The predicted octanol–water partition coefficient (Wildman–Crippen LogP) is 4.02. The Balaban J connectivity index is 1.71. The lowest BCUT2D eigenvalue weighted by atomic mass is 10.2. The van der Waals surface area contributed by atoms with Gasteiger partial charge in [0.15, 0.2) is 22.7 Å². The van der Waals surface area contributed by atoms with Crippen LogP contribution in [-0.4, -0.2) is 24.1 Å². The quantitative estimate of drug-likeness (QED) is 0.761. The number of aromatic nitrogens is 1. The smallest absolute Gasteiger partial charge is 0.266 e. The first-order valence-electron chi connectivity index (χ1n) is 7.54. The molecule has 1 N–H and O–H groups in total. The molecule has 5 nitrogen and oxygen atoms in total. The summed E-state index contributed by atoms with van der Waals surface area (Å²) in [6.45, 7) is 3.72. The molecule has 0 spiro atoms. The largest absolute Gasteiger partial charge is 0.493 e. The van der Waals surface area contributed by atoms with E-state index in [-0.39, 0.29) is 5.91 Å². The van der Waals surface area contributed by atoms with Gasteiger partial charge in [0.05, 0.1) is 17.3 Å². The molecule has 0 saturated heterocycles. The molecule has 3 rings (SSSR count). The van der Waals surface area contributed by atoms with Crippen molar-refractivity contribution in [3.63, 3.8) is 0 Å². The van der Waals surface area contributed by atoms with Crippen LogP contribution in [0.2, 0.25) is 0 Å². The second kappa shape index (κ2) is 6.88. The van der Waals surface area contributed by atoms with Crippen molar-refractivity contribution in [2.45, 2.75) is 20.0 Å². The molecule has 1 atom stereocenters. The number of benzene rings is 2. The molecular formula is C18H18N2O3S. The van der Waals surface area contributed by atoms with Crippen LogP contribution in [-0.2, 0) is 4.79 Å². The molecular weight excluding hydrogens is 324 g/mol. The van der Waals surface area contributed by atoms with Gasteiger partial charge in [0.2, 0.25) is 0 Å². The number of carbonyl (C=O) groups excluding carboxylic acids is 1. The molecule has 24 heavy (non-hydrogen) atoms. The van der Waals surface area contributed by atoms with Crippen LogP contribution < -0.4 is 14.8 Å². The third kappa shape index (κ3) is 3.49. The Morgan fingerprint density at radius 3 is 2.71 bits per heavy atom. The van der Waals surface area contributed by atoms with E-state index >= 15 is 0 Å². The number of methoxy groups -OCH3 is 1. The summed E-state index contributed by atoms with van der Waals surface area (Å²) in [7, 11) is 1.57. The lowest BCUT2D eigenvalue weighted by Crippen LogP contribution is -2.30. The van der Waals surface area contributed by atoms with Gasteiger partial charge in [0.1, 0.15) is 0 Å². The molecule has 0 fully saturated rings. The van der Waals surface area contributed by atoms with Crippen molar-refractivity contribution in [3.8, 4) is 11.5 Å². The normalized spacial score (nSPS) is 12.0. The number of aryl methyl sites for hydroxylation is 1. The molecule has 1 amide bonds. The number of anilines is 1. The maximum atomic E-state index is 12.3. The summed E-state index contributed by atoms with van der Waals surface area (Å²) in [5, 5.41) is 3.38. The second-order valence-corrected chi connectivity index (χ2v) is 6.42. The minimum absolute atomic E-state index is 0.253. The van der Waals surface area contributed by atoms with Crippen molar-refractivity contribution >= 4 is 32.6 Å². The Bertz CT molecular complexity index is 876. The van der Waals surface area contributed by atoms with Gasteiger partial charge in [-0.05, 0) is 43.7 Å². The van der Waals surface area contributed by atoms with Crippen LogP contribution in [0.5, 0.6) is 11.5 Å². The number of ether oxygens (including phenoxy) is 2. The summed E-state index contributed by atoms with van der Waals surface area (Å²) >= 11 is 1.45. The summed E-state index contributed by atoms with van der Waals surface area (Å²) in [6, 6.07) is 13.2. The average molecular weight is 342 g/mol. The first-order chi connectivity index (χ1) is 11.6. The van der Waals surface area contributed by atoms with Crippen molar-refractivity contribution in [3.05, 3.63) is 48.0 Å². The topological polar surface area (TPSA) is 60.5 Å². The highest BCUT2D eigenvalue weighted by Gasteiger charge is 2.18. The van der Waals surface area contributed by atoms with E-state index in [2.05, 4.69) is 16.4 Å². The molecule has 1 aromatic heterocycles. The van der Waals surface area contributed by atoms with Crippen LogP contribution in [0.3, 0.4) is 0 Å². The highest BCUT2D eigenvalue weighted by Crippen LogP contribution is 2.28. The van der Waals surface area contributed by atoms with Gasteiger partial charge < -0.3 is 9.47 Å². The third-order valence-corrected chi connectivity index (χ3v) is 4.45. The number of nitrogens with one attached hydrogen (secondary N) is 1. The number of nitrogens with zero attached hydrogens (tertiary/aromatic N) is 1. The molecule has 0 aliphatic heterocycles. The average Bonchev–Trinajstić information content (AvgIpc) is 2.96. The fourth-order valence-electron chi connectivity index (χ4n) is 2.25. The van der Waals surface area contributed by atoms with Gasteiger partial charge in [-0.2, -0.15) is 0 Å². The molecule has 0 radical (unpaired) electrons. The maximum absolute atomic E-state index is 12.3. The molecule has 0 saturated carbocycles. The van der Waals surface area contributed by atoms with Crippen molar-refractivity contribution in [1.82, 2.24) is 4.98 Å². The monoisotopic (exact) mass is 342 g/mol. The lowest BCUT2D eigenvalue weighted by Gasteiger charge is -2.15. The Kier molecular flexibility index (Phi) is 4.66. The minimum Gasteiger partial charge on any atom is -0.493 e. The molecule has 3 aromatic rings. The first-order valence-corrected chi connectivity index (χ1v) is 8.36. The number of thiazole rings is 1. The van der Waals surface area contributed by atoms with E-state index in [1.807, 2.05) is 31.2 Å². The summed E-state index contributed by atoms with van der Waals surface area (Å²) in [5.41, 5.74) is 2.04. The van der Waals surface area contributed by atoms with Gasteiger partial charge in [-0.1, -0.05) is 29.5 Å². The molecule has 124 valence electrons. The Morgan fingerprint density at radius 1 is 1.21 bits per heavy atom. The van der Waals surface area contributed by atoms with Crippen molar-refractivity contribution in [2.24, 2.45) is 0 Å². The third-order valence-electron chi connectivity index (χ3n) is 3.52. The van der Waals surface area contributed by atoms with Crippen molar-refractivity contribution in [1.29, 1.82) is 0 Å². The lowest BCUT2D eigenvalue weighted by molar-refractivity contribution is -0.122. The van der Waals surface area contributed by atoms with Gasteiger partial charge in [0.25, 0.3) is 5.91 Å². The summed E-state index contributed by atoms with van der Waals surface area (Å²) < 4.78 is 12.0. The molecule has 0 aliphatic carbocycles. The van der Waals surface area contributed by atoms with E-state index in [9.17, 15) is 4.79 Å². The maximum Gasteiger partial charge on any atom is 0.266 e. The van der Waals surface area contributed by atoms with Crippen molar-refractivity contribution in [2.75, 3.05) is 12.4 Å². The number of hydrogen-bond acceptors (Lipinski definition) is 5. The van der Waals surface area contributed by atoms with E-state index in [4.69, 9.17) is 9.47 Å². The van der Waals surface area contributed by atoms with Gasteiger partial charge in [-0.15, -0.1) is 0 Å². The summed E-state index contributed by atoms with van der Waals surface area (Å²) in [4.78, 5) is 16.8. The van der Waals surface area contributed by atoms with Gasteiger partial charge >= 0.3 is 0 Å². The minimum atomic E-state index is -0.671. The SMILES string of the molecule is COc1ccccc1OC(C)C(=O)Nc1nc2ccc(C)cc2s1. The standard InChI is InChI=1S/C18H18N2O3S/c1-11-8-9-13-16(10-11)24-18(19-13)20-17(21)12(2)23-15-7-5-4-6-14(15)22-3/h4-10,12H,1-3H3,(H,19,20,21). The summed E-state index contributed by atoms with van der Waals surface area (Å²) in [6.07, 6.45) is -0.671. The molecule has 1 unspecified atom stereocenters. The van der Waals surface area contributed by atoms with Crippen LogP contribution in [0, 0.1) is 6.92 Å². The number of rotatable bonds is 5.